The van der Waals surface area contributed by atoms with Gasteiger partial charge in [0.2, 0.25) is 5.79 Å². The Bertz CT molecular complexity index is 1540. The molecule has 4 heterocycles. The van der Waals surface area contributed by atoms with Crippen LogP contribution in [0.1, 0.15) is 92.9 Å². The van der Waals surface area contributed by atoms with Crippen LogP contribution in [0, 0.1) is 11.3 Å². The Morgan fingerprint density at radius 3 is 2.36 bits per heavy atom. The van der Waals surface area contributed by atoms with E-state index >= 15 is 0 Å². The van der Waals surface area contributed by atoms with Crippen molar-refractivity contribution in [1.82, 2.24) is 10.6 Å². The molecule has 4 aliphatic heterocycles. The molecule has 4 saturated heterocycles. The number of hydrogen-bond acceptors (Lipinski definition) is 14. The number of guanidine groups is 1. The van der Waals surface area contributed by atoms with Crippen LogP contribution in [0.3, 0.4) is 0 Å². The van der Waals surface area contributed by atoms with E-state index in [-0.39, 0.29) is 49.8 Å². The summed E-state index contributed by atoms with van der Waals surface area (Å²) in [6.07, 6.45) is 4.78. The summed E-state index contributed by atoms with van der Waals surface area (Å²) in [7, 11) is 2.98. The van der Waals surface area contributed by atoms with Crippen LogP contribution in [-0.4, -0.2) is 146 Å². The maximum Gasteiger partial charge on any atom is 0.320 e. The standard InChI is InChI=1S/C43H73N5O13/c1-25-23-43(55-9,59-27(3)26(25)2)35(50)37(51)48-38-34-33(56-24-57-38)36(54-8)41(4,5)32(58-34)22-28(49)16-14-19-31-30(60-42(6,7)61-31)18-12-10-11-13-20-46-29(39(52)53)17-15-21-47-40(44)45/h10-13,26-36,38,46,49-50H,1,14-24H2,2-9H3,(H,48,51)(H,52,53)(H4,44,45,47)/b12-10+,13-11+/t26-,27-,28-,29+,30+,31+,32-,33+,34+,35-,36-,38+,43-/m1/s1. The molecule has 0 unspecified atom stereocenters. The molecule has 4 rings (SSSR count). The predicted octanol–water partition coefficient (Wildman–Crippen LogP) is 2.36. The number of aliphatic carboxylic acids is 1. The molecule has 18 heteroatoms. The lowest BCUT2D eigenvalue weighted by Crippen LogP contribution is -2.69. The van der Waals surface area contributed by atoms with Gasteiger partial charge in [0.25, 0.3) is 5.91 Å². The van der Waals surface area contributed by atoms with E-state index in [1.54, 1.807) is 7.11 Å². The summed E-state index contributed by atoms with van der Waals surface area (Å²) in [4.78, 5) is 29.1. The van der Waals surface area contributed by atoms with Gasteiger partial charge >= 0.3 is 5.97 Å². The highest BCUT2D eigenvalue weighted by molar-refractivity contribution is 5.82. The highest BCUT2D eigenvalue weighted by atomic mass is 16.8. The molecule has 13 atom stereocenters. The fourth-order valence-corrected chi connectivity index (χ4v) is 8.67. The highest BCUT2D eigenvalue weighted by Crippen LogP contribution is 2.44. The number of carbonyl (C=O) groups excluding carboxylic acids is 1. The largest absolute Gasteiger partial charge is 0.480 e. The molecular weight excluding hydrogens is 794 g/mol. The zero-order valence-corrected chi connectivity index (χ0v) is 37.2. The number of nitrogens with two attached hydrogens (primary N) is 2. The Morgan fingerprint density at radius 1 is 1.00 bits per heavy atom. The molecule has 61 heavy (non-hydrogen) atoms. The van der Waals surface area contributed by atoms with E-state index in [4.69, 9.17) is 49.4 Å². The molecular formula is C43H73N5O13. The Balaban J connectivity index is 1.29. The number of aliphatic hydroxyl groups is 2. The molecule has 0 aliphatic carbocycles. The van der Waals surface area contributed by atoms with E-state index in [0.717, 1.165) is 5.57 Å². The van der Waals surface area contributed by atoms with Gasteiger partial charge in [-0.05, 0) is 59.3 Å². The van der Waals surface area contributed by atoms with Crippen LogP contribution in [0.15, 0.2) is 41.4 Å². The highest BCUT2D eigenvalue weighted by Gasteiger charge is 2.57. The summed E-state index contributed by atoms with van der Waals surface area (Å²) in [6, 6.07) is -0.708. The number of fused-ring (bicyclic) bond motifs is 1. The third-order valence-electron chi connectivity index (χ3n) is 12.3. The number of nitrogens with one attached hydrogen (secondary N) is 2. The molecule has 18 nitrogen and oxygen atoms in total. The molecule has 0 bridgehead atoms. The van der Waals surface area contributed by atoms with Crippen LogP contribution in [0.4, 0.5) is 0 Å². The van der Waals surface area contributed by atoms with E-state index < -0.39 is 77.8 Å². The Morgan fingerprint density at radius 2 is 1.70 bits per heavy atom. The van der Waals surface area contributed by atoms with E-state index in [0.29, 0.717) is 51.6 Å². The van der Waals surface area contributed by atoms with Gasteiger partial charge in [-0.15, -0.1) is 0 Å². The van der Waals surface area contributed by atoms with Crippen molar-refractivity contribution >= 4 is 17.8 Å². The van der Waals surface area contributed by atoms with Crippen LogP contribution in [-0.2, 0) is 47.5 Å². The van der Waals surface area contributed by atoms with Gasteiger partial charge in [-0.3, -0.25) is 14.6 Å². The molecule has 0 radical (unpaired) electrons. The van der Waals surface area contributed by atoms with Gasteiger partial charge in [0.05, 0.1) is 36.6 Å². The third kappa shape index (κ3) is 13.5. The first kappa shape index (κ1) is 50.6. The number of aliphatic imine (C=N–C) groups is 1. The number of methoxy groups -OCH3 is 2. The van der Waals surface area contributed by atoms with Gasteiger partial charge in [0.1, 0.15) is 25.0 Å². The SMILES string of the molecule is C=C1C[C@](OC)([C@H](O)C(=O)N[C@H]2OCO[C@H]3[C@@H]2O[C@H](C[C@H](O)CCC[C@@H]2OC(C)(C)O[C@H]2C/C=C/C=C/CN[C@@H](CCCN=C(N)N)C(=O)O)C(C)(C)[C@@H]3OC)O[C@H](C)[C@@H]1C. The normalized spacial score (nSPS) is 33.9. The average molecular weight is 868 g/mol. The van der Waals surface area contributed by atoms with E-state index in [1.165, 1.54) is 7.11 Å². The number of aliphatic hydroxyl groups excluding tert-OH is 2. The number of rotatable bonds is 22. The minimum atomic E-state index is -1.70. The summed E-state index contributed by atoms with van der Waals surface area (Å²) in [5.74, 6) is -4.07. The molecule has 1 amide bonds. The van der Waals surface area contributed by atoms with Crippen molar-refractivity contribution in [3.05, 3.63) is 36.5 Å². The molecule has 348 valence electrons. The number of ether oxygens (including phenoxy) is 8. The molecule has 4 aliphatic rings. The first-order chi connectivity index (χ1) is 28.7. The van der Waals surface area contributed by atoms with Crippen LogP contribution in [0.2, 0.25) is 0 Å². The number of carbonyl (C=O) groups is 2. The summed E-state index contributed by atoms with van der Waals surface area (Å²) >= 11 is 0. The zero-order chi connectivity index (χ0) is 45.1. The van der Waals surface area contributed by atoms with Gasteiger partial charge in [-0.2, -0.15) is 0 Å². The second-order valence-electron chi connectivity index (χ2n) is 17.6. The number of amides is 1. The van der Waals surface area contributed by atoms with Gasteiger partial charge < -0.3 is 75.3 Å². The smallest absolute Gasteiger partial charge is 0.320 e. The van der Waals surface area contributed by atoms with Crippen LogP contribution in [0.25, 0.3) is 0 Å². The molecule has 9 N–H and O–H groups in total. The summed E-state index contributed by atoms with van der Waals surface area (Å²) in [5, 5.41) is 38.0. The molecule has 0 aromatic rings. The first-order valence-corrected chi connectivity index (χ1v) is 21.4. The lowest BCUT2D eigenvalue weighted by Gasteiger charge is -2.54. The second kappa shape index (κ2) is 22.6. The number of nitrogens with zero attached hydrogens (tertiary/aromatic N) is 1. The van der Waals surface area contributed by atoms with Crippen LogP contribution >= 0.6 is 0 Å². The summed E-state index contributed by atoms with van der Waals surface area (Å²) < 4.78 is 48.7. The summed E-state index contributed by atoms with van der Waals surface area (Å²) in [6.45, 7) is 16.3. The maximum atomic E-state index is 13.6. The Labute approximate surface area is 360 Å². The van der Waals surface area contributed by atoms with E-state index in [1.807, 2.05) is 65.8 Å². The van der Waals surface area contributed by atoms with Crippen molar-refractivity contribution < 1.29 is 62.8 Å². The fourth-order valence-electron chi connectivity index (χ4n) is 8.67. The lowest BCUT2D eigenvalue weighted by molar-refractivity contribution is -0.332. The monoisotopic (exact) mass is 868 g/mol. The van der Waals surface area contributed by atoms with Crippen molar-refractivity contribution in [2.24, 2.45) is 27.8 Å². The minimum Gasteiger partial charge on any atom is -0.480 e. The number of carboxylic acids is 1. The average Bonchev–Trinajstić information content (AvgIpc) is 3.49. The van der Waals surface area contributed by atoms with Crippen molar-refractivity contribution in [3.63, 3.8) is 0 Å². The number of hydrogen-bond donors (Lipinski definition) is 7. The van der Waals surface area contributed by atoms with E-state index in [2.05, 4.69) is 22.2 Å². The number of carboxylic acid groups (broad SMARTS) is 1. The molecule has 0 aromatic carbocycles. The quantitative estimate of drug-likeness (QED) is 0.0271. The van der Waals surface area contributed by atoms with Gasteiger partial charge in [0, 0.05) is 51.5 Å². The second-order valence-corrected chi connectivity index (χ2v) is 17.6. The van der Waals surface area contributed by atoms with Crippen molar-refractivity contribution in [2.75, 3.05) is 34.1 Å². The Hall–Kier alpha value is -3.01. The van der Waals surface area contributed by atoms with Crippen LogP contribution < -0.4 is 22.1 Å². The fraction of sp³-hybridized carbons (Fsp3) is 0.791. The molecule has 0 spiro atoms. The topological polar surface area (TPSA) is 257 Å². The van der Waals surface area contributed by atoms with Crippen molar-refractivity contribution in [2.45, 2.75) is 172 Å². The van der Waals surface area contributed by atoms with E-state index in [9.17, 15) is 24.9 Å². The zero-order valence-electron chi connectivity index (χ0n) is 37.2. The summed E-state index contributed by atoms with van der Waals surface area (Å²) in [5.41, 5.74) is 10.9. The minimum absolute atomic E-state index is 0.0154. The molecule has 4 fully saturated rings. The first-order valence-electron chi connectivity index (χ1n) is 21.4. The maximum absolute atomic E-state index is 13.6. The van der Waals surface area contributed by atoms with Gasteiger partial charge in [0.15, 0.2) is 24.1 Å². The molecule has 0 saturated carbocycles. The van der Waals surface area contributed by atoms with Crippen LogP contribution in [0.5, 0.6) is 0 Å². The van der Waals surface area contributed by atoms with Crippen molar-refractivity contribution in [1.29, 1.82) is 0 Å². The van der Waals surface area contributed by atoms with Crippen molar-refractivity contribution in [3.8, 4) is 0 Å². The lowest BCUT2D eigenvalue weighted by atomic mass is 9.72. The number of allylic oxidation sites excluding steroid dienone is 2. The van der Waals surface area contributed by atoms with Gasteiger partial charge in [-0.25, -0.2) is 0 Å². The third-order valence-corrected chi connectivity index (χ3v) is 12.3. The molecule has 0 aromatic heterocycles. The van der Waals surface area contributed by atoms with Gasteiger partial charge in [-0.1, -0.05) is 57.2 Å². The predicted molar refractivity (Wildman–Crippen MR) is 226 cm³/mol. The Kier molecular flexibility index (Phi) is 18.7.